The smallest absolute Gasteiger partial charge is 0.243 e. The van der Waals surface area contributed by atoms with Gasteiger partial charge in [0.2, 0.25) is 15.9 Å². The van der Waals surface area contributed by atoms with E-state index in [1.54, 1.807) is 59.7 Å². The fourth-order valence-corrected chi connectivity index (χ4v) is 5.91. The van der Waals surface area contributed by atoms with Gasteiger partial charge in [-0.2, -0.15) is 4.31 Å². The van der Waals surface area contributed by atoms with Crippen LogP contribution in [0.4, 0.5) is 4.39 Å². The molecule has 0 unspecified atom stereocenters. The summed E-state index contributed by atoms with van der Waals surface area (Å²) in [7, 11) is -2.34. The van der Waals surface area contributed by atoms with Crippen molar-refractivity contribution in [3.8, 4) is 0 Å². The molecule has 3 aromatic rings. The minimum absolute atomic E-state index is 0.146. The van der Waals surface area contributed by atoms with Gasteiger partial charge in [-0.15, -0.1) is 11.3 Å². The highest BCUT2D eigenvalue weighted by Gasteiger charge is 2.28. The first kappa shape index (κ1) is 27.0. The lowest BCUT2D eigenvalue weighted by Gasteiger charge is -2.27. The summed E-state index contributed by atoms with van der Waals surface area (Å²) < 4.78 is 46.6. The molecule has 0 aliphatic carbocycles. The average Bonchev–Trinajstić information content (AvgIpc) is 3.24. The molecule has 6 nitrogen and oxygen atoms in total. The summed E-state index contributed by atoms with van der Waals surface area (Å²) in [5.74, 6) is -0.678. The number of methoxy groups -OCH3 is 1. The highest BCUT2D eigenvalue weighted by atomic mass is 32.2. The van der Waals surface area contributed by atoms with Crippen LogP contribution < -0.4 is 0 Å². The Hall–Kier alpha value is -2.59. The number of carbonyl (C=O) groups excluding carboxylic acids is 1. The van der Waals surface area contributed by atoms with E-state index in [1.165, 1.54) is 16.4 Å². The van der Waals surface area contributed by atoms with E-state index in [0.717, 1.165) is 20.9 Å². The van der Waals surface area contributed by atoms with E-state index in [-0.39, 0.29) is 36.3 Å². The number of rotatable bonds is 12. The number of benzene rings is 2. The fourth-order valence-electron chi connectivity index (χ4n) is 3.58. The van der Waals surface area contributed by atoms with E-state index in [0.29, 0.717) is 19.6 Å². The van der Waals surface area contributed by atoms with Crippen LogP contribution in [0.15, 0.2) is 65.6 Å². The SMILES string of the molecule is COCCCN(CC(=O)N(Cc1ccc(F)cc1)Cc1ccc(C)s1)S(=O)(=O)c1ccc(C)cc1. The van der Waals surface area contributed by atoms with Gasteiger partial charge in [0, 0.05) is 36.6 Å². The molecule has 0 radical (unpaired) electrons. The summed E-state index contributed by atoms with van der Waals surface area (Å²) >= 11 is 1.58. The van der Waals surface area contributed by atoms with Crippen molar-refractivity contribution >= 4 is 27.3 Å². The first-order valence-corrected chi connectivity index (χ1v) is 13.6. The number of hydrogen-bond acceptors (Lipinski definition) is 5. The van der Waals surface area contributed by atoms with E-state index in [4.69, 9.17) is 4.74 Å². The van der Waals surface area contributed by atoms with Crippen molar-refractivity contribution in [3.05, 3.63) is 87.4 Å². The van der Waals surface area contributed by atoms with Crippen molar-refractivity contribution in [2.75, 3.05) is 26.8 Å². The van der Waals surface area contributed by atoms with Crippen LogP contribution in [0.3, 0.4) is 0 Å². The number of ether oxygens (including phenoxy) is 1. The minimum atomic E-state index is -3.89. The van der Waals surface area contributed by atoms with Gasteiger partial charge < -0.3 is 9.64 Å². The van der Waals surface area contributed by atoms with Gasteiger partial charge in [0.05, 0.1) is 18.0 Å². The van der Waals surface area contributed by atoms with Crippen LogP contribution in [-0.2, 0) is 32.6 Å². The number of amides is 1. The lowest BCUT2D eigenvalue weighted by Crippen LogP contribution is -2.43. The molecular formula is C26H31FN2O4S2. The molecule has 0 bridgehead atoms. The van der Waals surface area contributed by atoms with Crippen LogP contribution in [0.2, 0.25) is 0 Å². The molecule has 0 atom stereocenters. The van der Waals surface area contributed by atoms with Crippen molar-refractivity contribution in [1.82, 2.24) is 9.21 Å². The Morgan fingerprint density at radius 1 is 0.971 bits per heavy atom. The summed E-state index contributed by atoms with van der Waals surface area (Å²) in [6, 6.07) is 16.5. The molecule has 1 heterocycles. The molecule has 0 aliphatic heterocycles. The van der Waals surface area contributed by atoms with Crippen molar-refractivity contribution < 1.29 is 22.3 Å². The number of nitrogens with zero attached hydrogens (tertiary/aromatic N) is 2. The summed E-state index contributed by atoms with van der Waals surface area (Å²) in [6.45, 7) is 4.69. The first-order valence-electron chi connectivity index (χ1n) is 11.3. The third-order valence-corrected chi connectivity index (χ3v) is 8.35. The van der Waals surface area contributed by atoms with Gasteiger partial charge in [0.1, 0.15) is 5.82 Å². The van der Waals surface area contributed by atoms with Gasteiger partial charge >= 0.3 is 0 Å². The molecule has 0 aliphatic rings. The van der Waals surface area contributed by atoms with Gasteiger partial charge in [-0.05, 0) is 62.2 Å². The van der Waals surface area contributed by atoms with Gasteiger partial charge in [0.15, 0.2) is 0 Å². The van der Waals surface area contributed by atoms with Crippen LogP contribution in [-0.4, -0.2) is 50.3 Å². The molecule has 188 valence electrons. The third kappa shape index (κ3) is 7.70. The second-order valence-corrected chi connectivity index (χ2v) is 11.7. The maximum absolute atomic E-state index is 13.5. The molecule has 0 spiro atoms. The molecule has 1 aromatic heterocycles. The lowest BCUT2D eigenvalue weighted by molar-refractivity contribution is -0.132. The van der Waals surface area contributed by atoms with Crippen LogP contribution in [0.5, 0.6) is 0 Å². The molecule has 3 rings (SSSR count). The highest BCUT2D eigenvalue weighted by molar-refractivity contribution is 7.89. The van der Waals surface area contributed by atoms with Crippen molar-refractivity contribution in [2.24, 2.45) is 0 Å². The largest absolute Gasteiger partial charge is 0.385 e. The molecule has 2 aromatic carbocycles. The van der Waals surface area contributed by atoms with Crippen LogP contribution in [0, 0.1) is 19.7 Å². The van der Waals surface area contributed by atoms with Crippen molar-refractivity contribution in [3.63, 3.8) is 0 Å². The highest BCUT2D eigenvalue weighted by Crippen LogP contribution is 2.21. The number of carbonyl (C=O) groups is 1. The fraction of sp³-hybridized carbons (Fsp3) is 0.346. The Morgan fingerprint density at radius 2 is 1.66 bits per heavy atom. The Labute approximate surface area is 211 Å². The normalized spacial score (nSPS) is 11.7. The quantitative estimate of drug-likeness (QED) is 0.324. The monoisotopic (exact) mass is 518 g/mol. The maximum Gasteiger partial charge on any atom is 0.243 e. The lowest BCUT2D eigenvalue weighted by atomic mass is 10.2. The number of aryl methyl sites for hydroxylation is 2. The van der Waals surface area contributed by atoms with Gasteiger partial charge in [-0.1, -0.05) is 29.8 Å². The Kier molecular flexibility index (Phi) is 9.56. The number of thiophene rings is 1. The maximum atomic E-state index is 13.5. The molecule has 0 fully saturated rings. The van der Waals surface area contributed by atoms with Crippen molar-refractivity contribution in [2.45, 2.75) is 38.3 Å². The second kappa shape index (κ2) is 12.4. The number of hydrogen-bond donors (Lipinski definition) is 0. The predicted octanol–water partition coefficient (Wildman–Crippen LogP) is 4.76. The van der Waals surface area contributed by atoms with Crippen molar-refractivity contribution in [1.29, 1.82) is 0 Å². The van der Waals surface area contributed by atoms with E-state index in [1.807, 2.05) is 26.0 Å². The van der Waals surface area contributed by atoms with Gasteiger partial charge in [-0.3, -0.25) is 4.79 Å². The van der Waals surface area contributed by atoms with Crippen LogP contribution >= 0.6 is 11.3 Å². The topological polar surface area (TPSA) is 66.9 Å². The molecule has 0 N–H and O–H groups in total. The van der Waals surface area contributed by atoms with E-state index >= 15 is 0 Å². The summed E-state index contributed by atoms with van der Waals surface area (Å²) in [5.41, 5.74) is 1.71. The Morgan fingerprint density at radius 3 is 2.26 bits per heavy atom. The standard InChI is InChI=1S/C26H31FN2O4S2/c1-20-5-13-25(14-6-20)35(31,32)29(15-4-16-33-3)19-26(30)28(18-24-12-7-21(2)34-24)17-22-8-10-23(27)11-9-22/h5-14H,4,15-19H2,1-3H3. The zero-order valence-electron chi connectivity index (χ0n) is 20.2. The van der Waals surface area contributed by atoms with E-state index in [2.05, 4.69) is 0 Å². The molecule has 1 amide bonds. The molecule has 9 heteroatoms. The molecular weight excluding hydrogens is 487 g/mol. The summed E-state index contributed by atoms with van der Waals surface area (Å²) in [6.07, 6.45) is 0.455. The molecule has 35 heavy (non-hydrogen) atoms. The molecule has 0 saturated carbocycles. The third-order valence-electron chi connectivity index (χ3n) is 5.51. The predicted molar refractivity (Wildman–Crippen MR) is 136 cm³/mol. The van der Waals surface area contributed by atoms with Crippen LogP contribution in [0.25, 0.3) is 0 Å². The number of halogens is 1. The Balaban J connectivity index is 1.86. The van der Waals surface area contributed by atoms with E-state index < -0.39 is 10.0 Å². The first-order chi connectivity index (χ1) is 16.7. The zero-order valence-corrected chi connectivity index (χ0v) is 21.9. The minimum Gasteiger partial charge on any atom is -0.385 e. The Bertz CT molecular complexity index is 1210. The van der Waals surface area contributed by atoms with Crippen LogP contribution in [0.1, 0.15) is 27.3 Å². The molecule has 0 saturated heterocycles. The van der Waals surface area contributed by atoms with E-state index in [9.17, 15) is 17.6 Å². The van der Waals surface area contributed by atoms with Gasteiger partial charge in [-0.25, -0.2) is 12.8 Å². The average molecular weight is 519 g/mol. The zero-order chi connectivity index (χ0) is 25.4. The summed E-state index contributed by atoms with van der Waals surface area (Å²) in [4.78, 5) is 17.4. The second-order valence-electron chi connectivity index (χ2n) is 8.39. The number of sulfonamides is 1. The van der Waals surface area contributed by atoms with Gasteiger partial charge in [0.25, 0.3) is 0 Å². The summed E-state index contributed by atoms with van der Waals surface area (Å²) in [5, 5.41) is 0.